The molecule has 64 valence electrons. The first kappa shape index (κ1) is 8.58. The lowest BCUT2D eigenvalue weighted by Gasteiger charge is -1.99. The van der Waals surface area contributed by atoms with Gasteiger partial charge in [-0.25, -0.2) is 13.2 Å². The van der Waals surface area contributed by atoms with Gasteiger partial charge < -0.3 is 5.32 Å². The zero-order valence-electron chi connectivity index (χ0n) is 5.77. The highest BCUT2D eigenvalue weighted by atomic mass is 19.2. The van der Waals surface area contributed by atoms with Gasteiger partial charge in [-0.1, -0.05) is 0 Å². The Morgan fingerprint density at radius 1 is 1.17 bits per heavy atom. The number of nitrogens with one attached hydrogen (secondary N) is 1. The zero-order valence-corrected chi connectivity index (χ0v) is 5.77. The fraction of sp³-hybridized carbons (Fsp3) is 0. The number of anilines is 1. The second-order valence-electron chi connectivity index (χ2n) is 2.02. The third-order valence-corrected chi connectivity index (χ3v) is 1.21. The molecule has 1 rings (SSSR count). The summed E-state index contributed by atoms with van der Waals surface area (Å²) in [6, 6.07) is 1.37. The van der Waals surface area contributed by atoms with Crippen LogP contribution in [-0.2, 0) is 4.79 Å². The number of hydrogen-bond donors (Lipinski definition) is 1. The molecule has 0 aliphatic heterocycles. The lowest BCUT2D eigenvalue weighted by Crippen LogP contribution is -1.98. The highest BCUT2D eigenvalue weighted by Crippen LogP contribution is 2.16. The van der Waals surface area contributed by atoms with Crippen LogP contribution in [0.15, 0.2) is 12.1 Å². The van der Waals surface area contributed by atoms with E-state index in [4.69, 9.17) is 0 Å². The molecule has 0 fully saturated rings. The van der Waals surface area contributed by atoms with Gasteiger partial charge in [0.15, 0.2) is 17.5 Å². The fourth-order valence-corrected chi connectivity index (χ4v) is 0.707. The normalized spacial score (nSPS) is 9.58. The molecule has 12 heavy (non-hydrogen) atoms. The van der Waals surface area contributed by atoms with E-state index in [-0.39, 0.29) is 12.1 Å². The predicted octanol–water partition coefficient (Wildman–Crippen LogP) is 1.67. The Kier molecular flexibility index (Phi) is 2.32. The van der Waals surface area contributed by atoms with Gasteiger partial charge in [-0.05, 0) is 0 Å². The molecule has 0 radical (unpaired) electrons. The highest BCUT2D eigenvalue weighted by molar-refractivity contribution is 5.70. The smallest absolute Gasteiger partial charge is 0.211 e. The second-order valence-corrected chi connectivity index (χ2v) is 2.02. The van der Waals surface area contributed by atoms with Crippen LogP contribution in [0.2, 0.25) is 0 Å². The topological polar surface area (TPSA) is 29.1 Å². The van der Waals surface area contributed by atoms with Gasteiger partial charge in [-0.15, -0.1) is 0 Å². The summed E-state index contributed by atoms with van der Waals surface area (Å²) in [4.78, 5) is 9.83. The van der Waals surface area contributed by atoms with Gasteiger partial charge in [-0.3, -0.25) is 4.79 Å². The summed E-state index contributed by atoms with van der Waals surface area (Å²) in [6.07, 6.45) is 0.242. The molecule has 0 saturated carbocycles. The maximum atomic E-state index is 12.4. The van der Waals surface area contributed by atoms with Crippen LogP contribution in [0.4, 0.5) is 18.9 Å². The standard InChI is InChI=1S/C7H4F3NO/c8-5-1-4(11-3-12)2-6(9)7(5)10/h1-3H,(H,11,12). The Bertz CT molecular complexity index is 291. The van der Waals surface area contributed by atoms with Crippen molar-refractivity contribution >= 4 is 12.1 Å². The summed E-state index contributed by atoms with van der Waals surface area (Å²) in [5, 5.41) is 1.99. The minimum Gasteiger partial charge on any atom is -0.328 e. The largest absolute Gasteiger partial charge is 0.328 e. The number of carbonyl (C=O) groups excluding carboxylic acids is 1. The average molecular weight is 175 g/mol. The Morgan fingerprint density at radius 3 is 2.08 bits per heavy atom. The average Bonchev–Trinajstić information content (AvgIpc) is 2.01. The summed E-state index contributed by atoms with van der Waals surface area (Å²) in [6.45, 7) is 0. The van der Waals surface area contributed by atoms with E-state index in [0.29, 0.717) is 12.1 Å². The summed E-state index contributed by atoms with van der Waals surface area (Å²) < 4.78 is 37.1. The molecule has 0 atom stereocenters. The Labute approximate surface area is 66.0 Å². The second kappa shape index (κ2) is 3.25. The van der Waals surface area contributed by atoms with E-state index in [1.807, 2.05) is 5.32 Å². The molecule has 0 saturated heterocycles. The molecule has 0 bridgehead atoms. The third-order valence-electron chi connectivity index (χ3n) is 1.21. The molecular weight excluding hydrogens is 171 g/mol. The van der Waals surface area contributed by atoms with Crippen LogP contribution < -0.4 is 5.32 Å². The summed E-state index contributed by atoms with van der Waals surface area (Å²) >= 11 is 0. The summed E-state index contributed by atoms with van der Waals surface area (Å²) in [5.74, 6) is -4.22. The van der Waals surface area contributed by atoms with Crippen LogP contribution in [-0.4, -0.2) is 6.41 Å². The maximum Gasteiger partial charge on any atom is 0.211 e. The number of rotatable bonds is 2. The predicted molar refractivity (Wildman–Crippen MR) is 36.0 cm³/mol. The van der Waals surface area contributed by atoms with Crippen LogP contribution in [0, 0.1) is 17.5 Å². The van der Waals surface area contributed by atoms with E-state index in [1.165, 1.54) is 0 Å². The molecule has 0 spiro atoms. The van der Waals surface area contributed by atoms with E-state index in [1.54, 1.807) is 0 Å². The minimum atomic E-state index is -1.55. The van der Waals surface area contributed by atoms with Crippen molar-refractivity contribution in [3.63, 3.8) is 0 Å². The SMILES string of the molecule is O=CNc1cc(F)c(F)c(F)c1. The number of amides is 1. The molecule has 1 N–H and O–H groups in total. The molecular formula is C7H4F3NO. The van der Waals surface area contributed by atoms with Gasteiger partial charge >= 0.3 is 0 Å². The number of hydrogen-bond acceptors (Lipinski definition) is 1. The third kappa shape index (κ3) is 1.55. The van der Waals surface area contributed by atoms with Crippen molar-refractivity contribution in [2.75, 3.05) is 5.32 Å². The molecule has 0 heterocycles. The lowest BCUT2D eigenvalue weighted by molar-refractivity contribution is -0.105. The monoisotopic (exact) mass is 175 g/mol. The van der Waals surface area contributed by atoms with E-state index in [9.17, 15) is 18.0 Å². The van der Waals surface area contributed by atoms with Gasteiger partial charge in [-0.2, -0.15) is 0 Å². The molecule has 0 aliphatic carbocycles. The first-order valence-electron chi connectivity index (χ1n) is 3.00. The molecule has 2 nitrogen and oxygen atoms in total. The molecule has 1 aromatic carbocycles. The Hall–Kier alpha value is -1.52. The van der Waals surface area contributed by atoms with Crippen molar-refractivity contribution in [1.29, 1.82) is 0 Å². The number of carbonyl (C=O) groups is 1. The van der Waals surface area contributed by atoms with E-state index >= 15 is 0 Å². The fourth-order valence-electron chi connectivity index (χ4n) is 0.707. The number of halogens is 3. The van der Waals surface area contributed by atoms with Crippen LogP contribution in [0.25, 0.3) is 0 Å². The van der Waals surface area contributed by atoms with E-state index in [2.05, 4.69) is 0 Å². The molecule has 1 aromatic rings. The molecule has 0 unspecified atom stereocenters. The molecule has 0 aromatic heterocycles. The molecule has 0 aliphatic rings. The van der Waals surface area contributed by atoms with Crippen molar-refractivity contribution in [2.24, 2.45) is 0 Å². The lowest BCUT2D eigenvalue weighted by atomic mass is 10.3. The van der Waals surface area contributed by atoms with Gasteiger partial charge in [0.25, 0.3) is 0 Å². The Balaban J connectivity index is 3.11. The minimum absolute atomic E-state index is 0.124. The summed E-state index contributed by atoms with van der Waals surface area (Å²) in [5.41, 5.74) is -0.124. The Morgan fingerprint density at radius 2 is 1.67 bits per heavy atom. The van der Waals surface area contributed by atoms with Crippen molar-refractivity contribution in [3.05, 3.63) is 29.6 Å². The molecule has 5 heteroatoms. The van der Waals surface area contributed by atoms with Crippen molar-refractivity contribution < 1.29 is 18.0 Å². The maximum absolute atomic E-state index is 12.4. The number of benzene rings is 1. The van der Waals surface area contributed by atoms with Crippen LogP contribution in [0.1, 0.15) is 0 Å². The van der Waals surface area contributed by atoms with Crippen LogP contribution >= 0.6 is 0 Å². The zero-order chi connectivity index (χ0) is 9.14. The van der Waals surface area contributed by atoms with Gasteiger partial charge in [0.1, 0.15) is 0 Å². The van der Waals surface area contributed by atoms with Gasteiger partial charge in [0.2, 0.25) is 6.41 Å². The van der Waals surface area contributed by atoms with Crippen molar-refractivity contribution in [1.82, 2.24) is 0 Å². The quantitative estimate of drug-likeness (QED) is 0.537. The highest BCUT2D eigenvalue weighted by Gasteiger charge is 2.09. The van der Waals surface area contributed by atoms with E-state index < -0.39 is 17.5 Å². The van der Waals surface area contributed by atoms with E-state index in [0.717, 1.165) is 0 Å². The summed E-state index contributed by atoms with van der Waals surface area (Å²) in [7, 11) is 0. The molecule has 1 amide bonds. The van der Waals surface area contributed by atoms with Crippen LogP contribution in [0.3, 0.4) is 0 Å². The van der Waals surface area contributed by atoms with Crippen LogP contribution in [0.5, 0.6) is 0 Å². The van der Waals surface area contributed by atoms with Gasteiger partial charge in [0, 0.05) is 17.8 Å². The van der Waals surface area contributed by atoms with Gasteiger partial charge in [0.05, 0.1) is 0 Å². The first-order chi connectivity index (χ1) is 5.65. The van der Waals surface area contributed by atoms with Crippen molar-refractivity contribution in [2.45, 2.75) is 0 Å². The first-order valence-corrected chi connectivity index (χ1v) is 3.00. The van der Waals surface area contributed by atoms with Crippen molar-refractivity contribution in [3.8, 4) is 0 Å².